The molecule has 1 amide bonds. The number of benzene rings is 1. The zero-order valence-electron chi connectivity index (χ0n) is 10.4. The van der Waals surface area contributed by atoms with E-state index in [1.165, 1.54) is 11.3 Å². The Morgan fingerprint density at radius 3 is 2.40 bits per heavy atom. The number of carboxylic acid groups (broad SMARTS) is 1. The molecule has 6 nitrogen and oxygen atoms in total. The van der Waals surface area contributed by atoms with Gasteiger partial charge < -0.3 is 21.7 Å². The number of primary amides is 1. The van der Waals surface area contributed by atoms with Crippen molar-refractivity contribution in [3.05, 3.63) is 34.2 Å². The van der Waals surface area contributed by atoms with Crippen molar-refractivity contribution in [2.24, 2.45) is 5.73 Å². The van der Waals surface area contributed by atoms with E-state index in [2.05, 4.69) is 10.7 Å². The second-order valence-electron chi connectivity index (χ2n) is 3.64. The number of nitrogen functional groups attached to an aromatic ring is 1. The number of hydrogen-bond acceptors (Lipinski definition) is 5. The van der Waals surface area contributed by atoms with Crippen LogP contribution in [0.4, 0.5) is 9.93 Å². The van der Waals surface area contributed by atoms with Crippen LogP contribution < -0.4 is 11.5 Å². The fraction of sp³-hybridized carbons (Fsp3) is 0.167. The first kappa shape index (κ1) is 16.2. The first-order valence-corrected chi connectivity index (χ1v) is 6.74. The Labute approximate surface area is 124 Å². The van der Waals surface area contributed by atoms with Gasteiger partial charge in [-0.1, -0.05) is 23.7 Å². The Morgan fingerprint density at radius 1 is 1.35 bits per heavy atom. The Morgan fingerprint density at radius 2 is 1.90 bits per heavy atom. The first-order valence-electron chi connectivity index (χ1n) is 5.54. The minimum absolute atomic E-state index is 0.0994. The normalized spacial score (nSPS) is 9.70. The number of aliphatic hydroxyl groups is 1. The van der Waals surface area contributed by atoms with Gasteiger partial charge in [0.05, 0.1) is 5.69 Å². The van der Waals surface area contributed by atoms with Crippen LogP contribution in [-0.4, -0.2) is 27.9 Å². The number of halogens is 1. The summed E-state index contributed by atoms with van der Waals surface area (Å²) in [6.07, 6.45) is -0.757. The van der Waals surface area contributed by atoms with E-state index in [9.17, 15) is 0 Å². The Balaban J connectivity index is 0.000000444. The van der Waals surface area contributed by atoms with E-state index in [1.807, 2.05) is 24.3 Å². The molecule has 0 atom stereocenters. The van der Waals surface area contributed by atoms with Crippen LogP contribution in [-0.2, 0) is 6.42 Å². The minimum atomic E-state index is -1.33. The number of amides is 1. The number of thiazole rings is 1. The summed E-state index contributed by atoms with van der Waals surface area (Å²) in [5.41, 5.74) is 11.5. The molecule has 0 spiro atoms. The van der Waals surface area contributed by atoms with Crippen LogP contribution in [0.1, 0.15) is 4.88 Å². The molecule has 8 heteroatoms. The van der Waals surface area contributed by atoms with Gasteiger partial charge in [0.25, 0.3) is 0 Å². The zero-order chi connectivity index (χ0) is 15.1. The van der Waals surface area contributed by atoms with E-state index >= 15 is 0 Å². The molecule has 0 saturated carbocycles. The number of nitrogens with zero attached hydrogens (tertiary/aromatic N) is 1. The molecule has 1 aromatic carbocycles. The van der Waals surface area contributed by atoms with Crippen molar-refractivity contribution < 1.29 is 15.0 Å². The van der Waals surface area contributed by atoms with Gasteiger partial charge in [0, 0.05) is 28.5 Å². The summed E-state index contributed by atoms with van der Waals surface area (Å²) in [6, 6.07) is 7.43. The SMILES string of the molecule is NC(=O)O.Nc1nc(-c2ccc(Cl)cc2)c(CCO)s1. The van der Waals surface area contributed by atoms with Crippen molar-refractivity contribution in [2.45, 2.75) is 6.42 Å². The number of nitrogens with two attached hydrogens (primary N) is 2. The van der Waals surface area contributed by atoms with E-state index < -0.39 is 6.09 Å². The van der Waals surface area contributed by atoms with E-state index in [1.54, 1.807) is 0 Å². The lowest BCUT2D eigenvalue weighted by Crippen LogP contribution is -2.03. The fourth-order valence-electron chi connectivity index (χ4n) is 1.47. The molecular weight excluding hydrogens is 302 g/mol. The van der Waals surface area contributed by atoms with Crippen molar-refractivity contribution in [2.75, 3.05) is 12.3 Å². The molecule has 1 heterocycles. The number of carbonyl (C=O) groups is 1. The third kappa shape index (κ3) is 5.04. The molecule has 1 aromatic heterocycles. The molecule has 0 bridgehead atoms. The quantitative estimate of drug-likeness (QED) is 0.691. The van der Waals surface area contributed by atoms with Crippen molar-refractivity contribution >= 4 is 34.2 Å². The van der Waals surface area contributed by atoms with Crippen LogP contribution in [0.3, 0.4) is 0 Å². The molecule has 0 unspecified atom stereocenters. The van der Waals surface area contributed by atoms with Gasteiger partial charge in [-0.05, 0) is 12.1 Å². The summed E-state index contributed by atoms with van der Waals surface area (Å²) in [5, 5.41) is 17.4. The highest BCUT2D eigenvalue weighted by Crippen LogP contribution is 2.30. The summed E-state index contributed by atoms with van der Waals surface area (Å²) in [4.78, 5) is 14.1. The molecule has 108 valence electrons. The zero-order valence-corrected chi connectivity index (χ0v) is 12.0. The number of anilines is 1. The minimum Gasteiger partial charge on any atom is -0.465 e. The predicted molar refractivity (Wildman–Crippen MR) is 80.0 cm³/mol. The van der Waals surface area contributed by atoms with Gasteiger partial charge in [-0.2, -0.15) is 0 Å². The fourth-order valence-corrected chi connectivity index (χ4v) is 2.44. The summed E-state index contributed by atoms with van der Waals surface area (Å²) >= 11 is 7.23. The summed E-state index contributed by atoms with van der Waals surface area (Å²) in [6.45, 7) is 0.0994. The van der Waals surface area contributed by atoms with Crippen LogP contribution in [0.2, 0.25) is 5.02 Å². The molecule has 0 radical (unpaired) electrons. The van der Waals surface area contributed by atoms with Gasteiger partial charge in [-0.25, -0.2) is 9.78 Å². The highest BCUT2D eigenvalue weighted by Gasteiger charge is 2.10. The average molecular weight is 316 g/mol. The maximum atomic E-state index is 8.96. The molecule has 0 aliphatic heterocycles. The maximum Gasteiger partial charge on any atom is 0.402 e. The second kappa shape index (κ2) is 7.68. The van der Waals surface area contributed by atoms with Crippen LogP contribution >= 0.6 is 22.9 Å². The lowest BCUT2D eigenvalue weighted by Gasteiger charge is -2.00. The van der Waals surface area contributed by atoms with Gasteiger partial charge in [0.1, 0.15) is 0 Å². The summed E-state index contributed by atoms with van der Waals surface area (Å²) in [5.74, 6) is 0. The lowest BCUT2D eigenvalue weighted by atomic mass is 10.1. The Kier molecular flexibility index (Phi) is 6.23. The highest BCUT2D eigenvalue weighted by molar-refractivity contribution is 7.15. The molecule has 0 aliphatic rings. The first-order chi connectivity index (χ1) is 9.43. The number of rotatable bonds is 3. The molecule has 2 rings (SSSR count). The molecule has 0 saturated heterocycles. The van der Waals surface area contributed by atoms with Gasteiger partial charge in [-0.15, -0.1) is 11.3 Å². The Bertz CT molecular complexity index is 568. The van der Waals surface area contributed by atoms with Gasteiger partial charge in [0.2, 0.25) is 0 Å². The molecule has 0 aliphatic carbocycles. The number of aliphatic hydroxyl groups excluding tert-OH is 1. The van der Waals surface area contributed by atoms with Crippen molar-refractivity contribution in [3.63, 3.8) is 0 Å². The molecular formula is C12H14ClN3O3S. The molecule has 6 N–H and O–H groups in total. The second-order valence-corrected chi connectivity index (χ2v) is 5.19. The smallest absolute Gasteiger partial charge is 0.402 e. The largest absolute Gasteiger partial charge is 0.465 e. The van der Waals surface area contributed by atoms with E-state index in [-0.39, 0.29) is 6.61 Å². The monoisotopic (exact) mass is 315 g/mol. The van der Waals surface area contributed by atoms with Crippen molar-refractivity contribution in [3.8, 4) is 11.3 Å². The number of hydrogen-bond donors (Lipinski definition) is 4. The van der Waals surface area contributed by atoms with Gasteiger partial charge in [-0.3, -0.25) is 0 Å². The topological polar surface area (TPSA) is 122 Å². The third-order valence-electron chi connectivity index (χ3n) is 2.17. The van der Waals surface area contributed by atoms with Crippen LogP contribution in [0, 0.1) is 0 Å². The van der Waals surface area contributed by atoms with Gasteiger partial charge in [0.15, 0.2) is 5.13 Å². The number of aromatic nitrogens is 1. The third-order valence-corrected chi connectivity index (χ3v) is 3.37. The highest BCUT2D eigenvalue weighted by atomic mass is 35.5. The van der Waals surface area contributed by atoms with E-state index in [0.29, 0.717) is 16.6 Å². The average Bonchev–Trinajstić information content (AvgIpc) is 2.71. The van der Waals surface area contributed by atoms with E-state index in [4.69, 9.17) is 32.3 Å². The Hall–Kier alpha value is -1.83. The maximum absolute atomic E-state index is 8.96. The van der Waals surface area contributed by atoms with Crippen LogP contribution in [0.25, 0.3) is 11.3 Å². The summed E-state index contributed by atoms with van der Waals surface area (Å²) < 4.78 is 0. The van der Waals surface area contributed by atoms with Crippen molar-refractivity contribution in [1.29, 1.82) is 0 Å². The van der Waals surface area contributed by atoms with Crippen LogP contribution in [0.15, 0.2) is 24.3 Å². The van der Waals surface area contributed by atoms with Crippen LogP contribution in [0.5, 0.6) is 0 Å². The molecule has 0 fully saturated rings. The summed E-state index contributed by atoms with van der Waals surface area (Å²) in [7, 11) is 0. The van der Waals surface area contributed by atoms with Crippen molar-refractivity contribution in [1.82, 2.24) is 4.98 Å². The predicted octanol–water partition coefficient (Wildman–Crippen LogP) is 2.20. The van der Waals surface area contributed by atoms with Gasteiger partial charge >= 0.3 is 6.09 Å². The molecule has 2 aromatic rings. The van der Waals surface area contributed by atoms with E-state index in [0.717, 1.165) is 16.1 Å². The standard InChI is InChI=1S/C11H11ClN2OS.CH3NO2/c12-8-3-1-7(2-4-8)10-9(5-6-15)16-11(13)14-10;2-1(3)4/h1-4,15H,5-6H2,(H2,13,14);2H2,(H,3,4). The lowest BCUT2D eigenvalue weighted by molar-refractivity contribution is 0.205. The molecule has 20 heavy (non-hydrogen) atoms.